The summed E-state index contributed by atoms with van der Waals surface area (Å²) in [6.45, 7) is 2.16. The van der Waals surface area contributed by atoms with Crippen molar-refractivity contribution in [1.82, 2.24) is 0 Å². The van der Waals surface area contributed by atoms with Gasteiger partial charge in [-0.1, -0.05) is 0 Å². The minimum atomic E-state index is 0.528. The van der Waals surface area contributed by atoms with Gasteiger partial charge in [0, 0.05) is 0 Å². The third-order valence-corrected chi connectivity index (χ3v) is 3.20. The Kier molecular flexibility index (Phi) is 1.92. The molecule has 1 aliphatic heterocycles. The van der Waals surface area contributed by atoms with Gasteiger partial charge in [0.2, 0.25) is 0 Å². The van der Waals surface area contributed by atoms with E-state index in [9.17, 15) is 0 Å². The van der Waals surface area contributed by atoms with E-state index in [1.165, 1.54) is 5.32 Å². The number of nitrogens with two attached hydrogens (primary N) is 1. The molecule has 0 fully saturated rings. The van der Waals surface area contributed by atoms with E-state index >= 15 is 0 Å². The Morgan fingerprint density at radius 1 is 2.00 bits per heavy atom. The van der Waals surface area contributed by atoms with Crippen LogP contribution in [0.1, 0.15) is 13.3 Å². The molecule has 46 valence electrons. The third kappa shape index (κ3) is 1.23. The average molecular weight is 177 g/mol. The van der Waals surface area contributed by atoms with Crippen molar-refractivity contribution >= 4 is 19.7 Å². The van der Waals surface area contributed by atoms with Crippen molar-refractivity contribution in [3.8, 4) is 0 Å². The zero-order valence-electron chi connectivity index (χ0n) is 4.92. The first-order valence-electron chi connectivity index (χ1n) is 2.79. The Bertz CT molecular complexity index is 111. The van der Waals surface area contributed by atoms with E-state index < -0.39 is 0 Å². The van der Waals surface area contributed by atoms with Gasteiger partial charge in [0.1, 0.15) is 0 Å². The molecule has 1 atom stereocenters. The van der Waals surface area contributed by atoms with E-state index in [0.29, 0.717) is 21.0 Å². The second-order valence-electron chi connectivity index (χ2n) is 1.84. The average Bonchev–Trinajstić information content (AvgIpc) is 2.14. The Balaban J connectivity index is 2.41. The van der Waals surface area contributed by atoms with Crippen LogP contribution in [-0.4, -0.2) is 25.7 Å². The van der Waals surface area contributed by atoms with Gasteiger partial charge >= 0.3 is 55.1 Å². The Morgan fingerprint density at radius 2 is 2.75 bits per heavy atom. The molecular formula is C5H10N2Se. The normalized spacial score (nSPS) is 28.1. The van der Waals surface area contributed by atoms with Crippen molar-refractivity contribution in [1.29, 1.82) is 0 Å². The summed E-state index contributed by atoms with van der Waals surface area (Å²) in [5.74, 6) is 0. The molecule has 3 heteroatoms. The van der Waals surface area contributed by atoms with Gasteiger partial charge < -0.3 is 0 Å². The molecule has 8 heavy (non-hydrogen) atoms. The van der Waals surface area contributed by atoms with E-state index in [0.717, 1.165) is 11.2 Å². The van der Waals surface area contributed by atoms with Crippen LogP contribution in [0, 0.1) is 0 Å². The molecule has 0 aromatic heterocycles. The molecule has 2 nitrogen and oxygen atoms in total. The molecule has 0 aromatic carbocycles. The fraction of sp³-hybridized carbons (Fsp3) is 0.800. The zero-order valence-corrected chi connectivity index (χ0v) is 6.64. The molecule has 0 aliphatic carbocycles. The van der Waals surface area contributed by atoms with Crippen LogP contribution in [0.3, 0.4) is 0 Å². The van der Waals surface area contributed by atoms with Gasteiger partial charge in [-0.2, -0.15) is 0 Å². The summed E-state index contributed by atoms with van der Waals surface area (Å²) in [6, 6.07) is 0.565. The molecule has 0 aromatic rings. The maximum atomic E-state index is 5.48. The summed E-state index contributed by atoms with van der Waals surface area (Å²) in [7, 11) is 0. The van der Waals surface area contributed by atoms with Crippen molar-refractivity contribution in [3.63, 3.8) is 0 Å². The van der Waals surface area contributed by atoms with Crippen molar-refractivity contribution in [2.24, 2.45) is 10.7 Å². The number of aliphatic imine (C=N–C) groups is 1. The number of rotatable bonds is 1. The van der Waals surface area contributed by atoms with Crippen LogP contribution in [0.4, 0.5) is 0 Å². The van der Waals surface area contributed by atoms with Gasteiger partial charge in [-0.15, -0.1) is 0 Å². The van der Waals surface area contributed by atoms with Crippen molar-refractivity contribution in [3.05, 3.63) is 0 Å². The van der Waals surface area contributed by atoms with Gasteiger partial charge in [0.25, 0.3) is 0 Å². The number of hydrogen-bond acceptors (Lipinski definition) is 2. The van der Waals surface area contributed by atoms with Gasteiger partial charge in [-0.25, -0.2) is 0 Å². The number of hydrogen-bond donors (Lipinski definition) is 1. The molecule has 2 N–H and O–H groups in total. The molecule has 0 saturated heterocycles. The standard InChI is InChI=1S/C5H10N2Se/c1-2-4-3-8-5(6)7-4/h4H,2-3H2,1H3,(H2,6,7)/t4-/m0/s1. The number of nitrogens with zero attached hydrogens (tertiary/aromatic N) is 1. The van der Waals surface area contributed by atoms with Crippen LogP contribution in [0.15, 0.2) is 4.99 Å². The Hall–Kier alpha value is -0.0105. The molecule has 0 saturated carbocycles. The predicted octanol–water partition coefficient (Wildman–Crippen LogP) is 0.216. The van der Waals surface area contributed by atoms with Gasteiger partial charge in [0.15, 0.2) is 0 Å². The number of amidine groups is 1. The monoisotopic (exact) mass is 178 g/mol. The Morgan fingerprint density at radius 3 is 3.00 bits per heavy atom. The molecule has 1 aliphatic rings. The van der Waals surface area contributed by atoms with Crippen molar-refractivity contribution in [2.45, 2.75) is 24.7 Å². The predicted molar refractivity (Wildman–Crippen MR) is 36.3 cm³/mol. The molecule has 1 rings (SSSR count). The molecule has 0 amide bonds. The summed E-state index contributed by atoms with van der Waals surface area (Å²) >= 11 is 0.528. The van der Waals surface area contributed by atoms with Crippen LogP contribution < -0.4 is 5.73 Å². The van der Waals surface area contributed by atoms with E-state index in [1.54, 1.807) is 0 Å². The molecular weight excluding hydrogens is 167 g/mol. The van der Waals surface area contributed by atoms with Crippen LogP contribution in [-0.2, 0) is 0 Å². The maximum absolute atomic E-state index is 5.48. The van der Waals surface area contributed by atoms with Gasteiger partial charge in [-0.3, -0.25) is 0 Å². The summed E-state index contributed by atoms with van der Waals surface area (Å²) < 4.78 is 0.907. The van der Waals surface area contributed by atoms with Crippen LogP contribution >= 0.6 is 0 Å². The van der Waals surface area contributed by atoms with Gasteiger partial charge in [-0.05, 0) is 0 Å². The van der Waals surface area contributed by atoms with E-state index in [-0.39, 0.29) is 0 Å². The quantitative estimate of drug-likeness (QED) is 0.571. The fourth-order valence-electron chi connectivity index (χ4n) is 0.645. The van der Waals surface area contributed by atoms with E-state index in [1.807, 2.05) is 0 Å². The first kappa shape index (κ1) is 6.11. The second-order valence-corrected chi connectivity index (χ2v) is 4.02. The van der Waals surface area contributed by atoms with Crippen molar-refractivity contribution in [2.75, 3.05) is 0 Å². The van der Waals surface area contributed by atoms with E-state index in [4.69, 9.17) is 5.73 Å². The van der Waals surface area contributed by atoms with Crippen LogP contribution in [0.5, 0.6) is 0 Å². The molecule has 0 radical (unpaired) electrons. The second kappa shape index (κ2) is 2.51. The summed E-state index contributed by atoms with van der Waals surface area (Å²) in [4.78, 5) is 4.23. The summed E-state index contributed by atoms with van der Waals surface area (Å²) in [5.41, 5.74) is 5.48. The molecule has 0 bridgehead atoms. The van der Waals surface area contributed by atoms with Crippen LogP contribution in [0.25, 0.3) is 0 Å². The minimum absolute atomic E-state index is 0.528. The Labute approximate surface area is 55.7 Å². The van der Waals surface area contributed by atoms with Crippen molar-refractivity contribution < 1.29 is 0 Å². The fourth-order valence-corrected chi connectivity index (χ4v) is 2.53. The molecule has 0 unspecified atom stereocenters. The third-order valence-electron chi connectivity index (χ3n) is 1.20. The summed E-state index contributed by atoms with van der Waals surface area (Å²) in [5, 5.41) is 1.23. The molecule has 1 heterocycles. The zero-order chi connectivity index (χ0) is 5.98. The summed E-state index contributed by atoms with van der Waals surface area (Å²) in [6.07, 6.45) is 1.16. The van der Waals surface area contributed by atoms with Crippen LogP contribution in [0.2, 0.25) is 5.32 Å². The first-order valence-corrected chi connectivity index (χ1v) is 4.85. The van der Waals surface area contributed by atoms with E-state index in [2.05, 4.69) is 11.9 Å². The van der Waals surface area contributed by atoms with Gasteiger partial charge in [0.05, 0.1) is 0 Å². The SMILES string of the molecule is CC[C@H]1C[Se]C(N)=N1. The molecule has 0 spiro atoms. The first-order chi connectivity index (χ1) is 3.83. The topological polar surface area (TPSA) is 38.4 Å².